The Morgan fingerprint density at radius 2 is 1.53 bits per heavy atom. The lowest BCUT2D eigenvalue weighted by molar-refractivity contribution is -0.137. The third kappa shape index (κ3) is 3.84. The fourth-order valence-electron chi connectivity index (χ4n) is 4.84. The molecule has 1 saturated heterocycles. The lowest BCUT2D eigenvalue weighted by Crippen LogP contribution is -2.46. The summed E-state index contributed by atoms with van der Waals surface area (Å²) >= 11 is 0. The molecule has 5 rings (SSSR count). The molecule has 2 heterocycles. The maximum absolute atomic E-state index is 13.0. The minimum absolute atomic E-state index is 0.586. The highest BCUT2D eigenvalue weighted by Crippen LogP contribution is 2.32. The molecule has 0 bridgehead atoms. The van der Waals surface area contributed by atoms with E-state index in [0.29, 0.717) is 5.69 Å². The fraction of sp³-hybridized carbons (Fsp3) is 0.308. The van der Waals surface area contributed by atoms with Crippen LogP contribution in [-0.2, 0) is 19.3 Å². The van der Waals surface area contributed by atoms with Gasteiger partial charge in [-0.2, -0.15) is 13.2 Å². The van der Waals surface area contributed by atoms with Gasteiger partial charge in [-0.15, -0.1) is 0 Å². The van der Waals surface area contributed by atoms with Crippen molar-refractivity contribution in [3.05, 3.63) is 77.9 Å². The molecule has 0 saturated carbocycles. The lowest BCUT2D eigenvalue weighted by atomic mass is 10.1. The van der Waals surface area contributed by atoms with E-state index in [4.69, 9.17) is 0 Å². The van der Waals surface area contributed by atoms with Crippen molar-refractivity contribution >= 4 is 27.5 Å². The normalized spacial score (nSPS) is 15.7. The van der Waals surface area contributed by atoms with Crippen LogP contribution < -0.4 is 4.90 Å². The molecule has 0 radical (unpaired) electrons. The summed E-state index contributed by atoms with van der Waals surface area (Å²) in [5.74, 6) is 0. The smallest absolute Gasteiger partial charge is 0.369 e. The predicted molar refractivity (Wildman–Crippen MR) is 124 cm³/mol. The maximum Gasteiger partial charge on any atom is 0.416 e. The van der Waals surface area contributed by atoms with Gasteiger partial charge in [-0.05, 0) is 48.9 Å². The number of halogens is 3. The number of nitrogens with zero attached hydrogens (tertiary/aromatic N) is 3. The average molecular weight is 438 g/mol. The van der Waals surface area contributed by atoms with Crippen LogP contribution in [-0.4, -0.2) is 35.6 Å². The number of hydrogen-bond acceptors (Lipinski definition) is 2. The molecule has 1 fully saturated rings. The summed E-state index contributed by atoms with van der Waals surface area (Å²) in [6.45, 7) is 7.04. The second-order valence-corrected chi connectivity index (χ2v) is 8.42. The molecule has 0 unspecified atom stereocenters. The van der Waals surface area contributed by atoms with Crippen molar-refractivity contribution in [1.29, 1.82) is 0 Å². The standard InChI is InChI=1S/C26H26F3N3/c1-2-32-24-9-4-3-8-22(24)23-16-19(10-11-25(23)32)18-30-12-14-31(15-13-30)21-7-5-6-20(17-21)26(27,28)29/h3-11,16-17H,2,12-15,18H2,1H3. The fourth-order valence-corrected chi connectivity index (χ4v) is 4.84. The first kappa shape index (κ1) is 20.9. The van der Waals surface area contributed by atoms with E-state index >= 15 is 0 Å². The van der Waals surface area contributed by atoms with Crippen molar-refractivity contribution in [2.45, 2.75) is 26.2 Å². The monoisotopic (exact) mass is 437 g/mol. The summed E-state index contributed by atoms with van der Waals surface area (Å²) in [7, 11) is 0. The molecule has 0 aliphatic carbocycles. The van der Waals surface area contributed by atoms with Gasteiger partial charge in [0.15, 0.2) is 0 Å². The molecule has 32 heavy (non-hydrogen) atoms. The van der Waals surface area contributed by atoms with Crippen LogP contribution in [0.1, 0.15) is 18.1 Å². The van der Waals surface area contributed by atoms with E-state index in [0.717, 1.165) is 45.3 Å². The third-order valence-corrected chi connectivity index (χ3v) is 6.47. The number of hydrogen-bond donors (Lipinski definition) is 0. The predicted octanol–water partition coefficient (Wildman–Crippen LogP) is 6.16. The molecule has 1 aliphatic heterocycles. The van der Waals surface area contributed by atoms with E-state index in [1.807, 2.05) is 4.90 Å². The molecule has 3 nitrogen and oxygen atoms in total. The molecule has 4 aromatic rings. The number of aryl methyl sites for hydroxylation is 1. The summed E-state index contributed by atoms with van der Waals surface area (Å²) in [6.07, 6.45) is -4.31. The van der Waals surface area contributed by atoms with E-state index in [-0.39, 0.29) is 0 Å². The van der Waals surface area contributed by atoms with Crippen LogP contribution in [0.2, 0.25) is 0 Å². The number of aromatic nitrogens is 1. The van der Waals surface area contributed by atoms with Crippen molar-refractivity contribution in [1.82, 2.24) is 9.47 Å². The molecule has 166 valence electrons. The minimum atomic E-state index is -4.31. The zero-order chi connectivity index (χ0) is 22.3. The molecule has 0 N–H and O–H groups in total. The van der Waals surface area contributed by atoms with Gasteiger partial charge >= 0.3 is 6.18 Å². The Morgan fingerprint density at radius 3 is 2.28 bits per heavy atom. The molecular weight excluding hydrogens is 411 g/mol. The molecule has 0 amide bonds. The number of piperazine rings is 1. The number of para-hydroxylation sites is 1. The van der Waals surface area contributed by atoms with E-state index in [2.05, 4.69) is 58.9 Å². The van der Waals surface area contributed by atoms with Gasteiger partial charge < -0.3 is 9.47 Å². The highest BCUT2D eigenvalue weighted by Gasteiger charge is 2.31. The largest absolute Gasteiger partial charge is 0.416 e. The second-order valence-electron chi connectivity index (χ2n) is 8.42. The minimum Gasteiger partial charge on any atom is -0.369 e. The van der Waals surface area contributed by atoms with E-state index in [1.54, 1.807) is 6.07 Å². The van der Waals surface area contributed by atoms with Gasteiger partial charge in [0.25, 0.3) is 0 Å². The van der Waals surface area contributed by atoms with E-state index < -0.39 is 11.7 Å². The summed E-state index contributed by atoms with van der Waals surface area (Å²) in [5.41, 5.74) is 3.85. The van der Waals surface area contributed by atoms with Gasteiger partial charge in [0.05, 0.1) is 5.56 Å². The van der Waals surface area contributed by atoms with E-state index in [9.17, 15) is 13.2 Å². The number of fused-ring (bicyclic) bond motifs is 3. The van der Waals surface area contributed by atoms with Crippen LogP contribution in [0.5, 0.6) is 0 Å². The zero-order valence-electron chi connectivity index (χ0n) is 18.1. The Kier molecular flexibility index (Phi) is 5.33. The highest BCUT2D eigenvalue weighted by atomic mass is 19.4. The van der Waals surface area contributed by atoms with Gasteiger partial charge in [-0.25, -0.2) is 0 Å². The maximum atomic E-state index is 13.0. The first-order valence-electron chi connectivity index (χ1n) is 11.1. The molecule has 0 atom stereocenters. The quantitative estimate of drug-likeness (QED) is 0.379. The first-order chi connectivity index (χ1) is 15.4. The first-order valence-corrected chi connectivity index (χ1v) is 11.1. The van der Waals surface area contributed by atoms with Crippen LogP contribution in [0.25, 0.3) is 21.8 Å². The van der Waals surface area contributed by atoms with Crippen molar-refractivity contribution in [3.8, 4) is 0 Å². The average Bonchev–Trinajstić information content (AvgIpc) is 3.12. The lowest BCUT2D eigenvalue weighted by Gasteiger charge is -2.36. The molecule has 1 aromatic heterocycles. The van der Waals surface area contributed by atoms with Crippen molar-refractivity contribution < 1.29 is 13.2 Å². The topological polar surface area (TPSA) is 11.4 Å². The van der Waals surface area contributed by atoms with Crippen LogP contribution in [0.3, 0.4) is 0 Å². The Bertz CT molecular complexity index is 1250. The van der Waals surface area contributed by atoms with Gasteiger partial charge in [0.2, 0.25) is 0 Å². The van der Waals surface area contributed by atoms with Gasteiger partial charge in [0.1, 0.15) is 0 Å². The molecule has 1 aliphatic rings. The van der Waals surface area contributed by atoms with Crippen molar-refractivity contribution in [2.75, 3.05) is 31.1 Å². The summed E-state index contributed by atoms with van der Waals surface area (Å²) in [4.78, 5) is 4.42. The molecule has 6 heteroatoms. The van der Waals surface area contributed by atoms with Gasteiger partial charge in [-0.1, -0.05) is 30.3 Å². The Hall–Kier alpha value is -2.99. The number of alkyl halides is 3. The van der Waals surface area contributed by atoms with Crippen molar-refractivity contribution in [3.63, 3.8) is 0 Å². The Balaban J connectivity index is 1.31. The van der Waals surface area contributed by atoms with Crippen LogP contribution in [0.15, 0.2) is 66.7 Å². The second kappa shape index (κ2) is 8.17. The Labute approximate surface area is 185 Å². The summed E-state index contributed by atoms with van der Waals surface area (Å²) in [6, 6.07) is 20.9. The van der Waals surface area contributed by atoms with Crippen molar-refractivity contribution in [2.24, 2.45) is 0 Å². The highest BCUT2D eigenvalue weighted by molar-refractivity contribution is 6.08. The van der Waals surface area contributed by atoms with Crippen LogP contribution in [0, 0.1) is 0 Å². The SMILES string of the molecule is CCn1c2ccccc2c2cc(CN3CCN(c4cccc(C(F)(F)F)c4)CC3)ccc21. The molecule has 3 aromatic carbocycles. The third-order valence-electron chi connectivity index (χ3n) is 6.47. The van der Waals surface area contributed by atoms with Crippen LogP contribution >= 0.6 is 0 Å². The van der Waals surface area contributed by atoms with Crippen LogP contribution in [0.4, 0.5) is 18.9 Å². The summed E-state index contributed by atoms with van der Waals surface area (Å²) in [5, 5.41) is 2.56. The summed E-state index contributed by atoms with van der Waals surface area (Å²) < 4.78 is 41.5. The van der Waals surface area contributed by atoms with E-state index in [1.165, 1.54) is 39.5 Å². The molecular formula is C26H26F3N3. The van der Waals surface area contributed by atoms with Gasteiger partial charge in [0, 0.05) is 66.8 Å². The number of anilines is 1. The zero-order valence-corrected chi connectivity index (χ0v) is 18.1. The molecule has 0 spiro atoms. The number of benzene rings is 3. The van der Waals surface area contributed by atoms with Gasteiger partial charge in [-0.3, -0.25) is 4.90 Å². The number of rotatable bonds is 4. The Morgan fingerprint density at radius 1 is 0.781 bits per heavy atom.